The van der Waals surface area contributed by atoms with Gasteiger partial charge in [0, 0.05) is 11.6 Å². The van der Waals surface area contributed by atoms with Crippen LogP contribution in [0.5, 0.6) is 5.75 Å². The smallest absolute Gasteiger partial charge is 0.123 e. The van der Waals surface area contributed by atoms with Crippen molar-refractivity contribution in [3.05, 3.63) is 65.0 Å². The molecular formula is C17H20FNO. The minimum atomic E-state index is -0.209. The van der Waals surface area contributed by atoms with Crippen molar-refractivity contribution in [3.8, 4) is 5.75 Å². The Balaban J connectivity index is 1.90. The second-order valence-electron chi connectivity index (χ2n) is 5.11. The SMILES string of the molecule is Cc1ccc(O)c(C(C)NCCc2ccc(F)cc2)c1. The zero-order chi connectivity index (χ0) is 14.5. The summed E-state index contributed by atoms with van der Waals surface area (Å²) in [5.74, 6) is 0.108. The van der Waals surface area contributed by atoms with Crippen LogP contribution in [0.2, 0.25) is 0 Å². The van der Waals surface area contributed by atoms with Gasteiger partial charge >= 0.3 is 0 Å². The first-order valence-corrected chi connectivity index (χ1v) is 6.83. The number of rotatable bonds is 5. The molecule has 0 aliphatic rings. The first kappa shape index (κ1) is 14.5. The second-order valence-corrected chi connectivity index (χ2v) is 5.11. The minimum absolute atomic E-state index is 0.0790. The first-order chi connectivity index (χ1) is 9.56. The van der Waals surface area contributed by atoms with Gasteiger partial charge in [0.2, 0.25) is 0 Å². The summed E-state index contributed by atoms with van der Waals surface area (Å²) in [6.45, 7) is 4.81. The maximum Gasteiger partial charge on any atom is 0.123 e. The molecule has 1 atom stereocenters. The lowest BCUT2D eigenvalue weighted by Gasteiger charge is -2.16. The number of benzene rings is 2. The molecule has 106 valence electrons. The first-order valence-electron chi connectivity index (χ1n) is 6.83. The van der Waals surface area contributed by atoms with E-state index < -0.39 is 0 Å². The number of phenols is 1. The van der Waals surface area contributed by atoms with Gasteiger partial charge < -0.3 is 10.4 Å². The van der Waals surface area contributed by atoms with Gasteiger partial charge in [0.25, 0.3) is 0 Å². The van der Waals surface area contributed by atoms with Crippen LogP contribution in [0.25, 0.3) is 0 Å². The highest BCUT2D eigenvalue weighted by atomic mass is 19.1. The Morgan fingerprint density at radius 1 is 1.15 bits per heavy atom. The van der Waals surface area contributed by atoms with Gasteiger partial charge in [0.05, 0.1) is 0 Å². The lowest BCUT2D eigenvalue weighted by Crippen LogP contribution is -2.21. The lowest BCUT2D eigenvalue weighted by molar-refractivity contribution is 0.453. The van der Waals surface area contributed by atoms with E-state index in [-0.39, 0.29) is 11.9 Å². The van der Waals surface area contributed by atoms with E-state index in [0.717, 1.165) is 29.7 Å². The van der Waals surface area contributed by atoms with Crippen molar-refractivity contribution in [2.45, 2.75) is 26.3 Å². The van der Waals surface area contributed by atoms with Crippen LogP contribution in [0.3, 0.4) is 0 Å². The molecule has 2 aromatic carbocycles. The Bertz CT molecular complexity index is 566. The number of aromatic hydroxyl groups is 1. The van der Waals surface area contributed by atoms with Crippen LogP contribution in [0.4, 0.5) is 4.39 Å². The van der Waals surface area contributed by atoms with Crippen LogP contribution in [-0.2, 0) is 6.42 Å². The zero-order valence-corrected chi connectivity index (χ0v) is 11.9. The van der Waals surface area contributed by atoms with Gasteiger partial charge in [0.1, 0.15) is 11.6 Å². The number of hydrogen-bond donors (Lipinski definition) is 2. The molecule has 3 heteroatoms. The van der Waals surface area contributed by atoms with Crippen molar-refractivity contribution in [2.24, 2.45) is 0 Å². The number of hydrogen-bond acceptors (Lipinski definition) is 2. The molecule has 0 radical (unpaired) electrons. The van der Waals surface area contributed by atoms with Crippen LogP contribution < -0.4 is 5.32 Å². The van der Waals surface area contributed by atoms with Crippen molar-refractivity contribution < 1.29 is 9.50 Å². The fourth-order valence-electron chi connectivity index (χ4n) is 2.21. The molecule has 1 unspecified atom stereocenters. The largest absolute Gasteiger partial charge is 0.508 e. The third kappa shape index (κ3) is 3.81. The number of halogens is 1. The maximum atomic E-state index is 12.8. The van der Waals surface area contributed by atoms with Crippen LogP contribution in [-0.4, -0.2) is 11.7 Å². The third-order valence-electron chi connectivity index (χ3n) is 3.43. The minimum Gasteiger partial charge on any atom is -0.508 e. The quantitative estimate of drug-likeness (QED) is 0.870. The molecule has 2 aromatic rings. The van der Waals surface area contributed by atoms with Gasteiger partial charge in [-0.1, -0.05) is 29.8 Å². The highest BCUT2D eigenvalue weighted by Gasteiger charge is 2.09. The molecule has 0 aliphatic heterocycles. The van der Waals surface area contributed by atoms with Crippen LogP contribution in [0, 0.1) is 12.7 Å². The van der Waals surface area contributed by atoms with Gasteiger partial charge in [-0.25, -0.2) is 4.39 Å². The van der Waals surface area contributed by atoms with Gasteiger partial charge in [-0.05, 0) is 50.6 Å². The van der Waals surface area contributed by atoms with E-state index in [4.69, 9.17) is 0 Å². The fourth-order valence-corrected chi connectivity index (χ4v) is 2.21. The molecule has 20 heavy (non-hydrogen) atoms. The van der Waals surface area contributed by atoms with Crippen LogP contribution in [0.15, 0.2) is 42.5 Å². The Kier molecular flexibility index (Phi) is 4.74. The topological polar surface area (TPSA) is 32.3 Å². The summed E-state index contributed by atoms with van der Waals surface area (Å²) < 4.78 is 12.8. The molecule has 0 heterocycles. The molecule has 0 aromatic heterocycles. The molecule has 0 fully saturated rings. The van der Waals surface area contributed by atoms with E-state index in [1.54, 1.807) is 18.2 Å². The molecule has 0 saturated heterocycles. The van der Waals surface area contributed by atoms with Gasteiger partial charge in [-0.15, -0.1) is 0 Å². The predicted molar refractivity (Wildman–Crippen MR) is 79.4 cm³/mol. The van der Waals surface area contributed by atoms with Crippen molar-refractivity contribution in [1.82, 2.24) is 5.32 Å². The zero-order valence-electron chi connectivity index (χ0n) is 11.9. The van der Waals surface area contributed by atoms with Crippen molar-refractivity contribution in [1.29, 1.82) is 0 Å². The molecule has 0 saturated carbocycles. The lowest BCUT2D eigenvalue weighted by atomic mass is 10.0. The number of phenolic OH excluding ortho intramolecular Hbond substituents is 1. The Morgan fingerprint density at radius 2 is 1.85 bits per heavy atom. The highest BCUT2D eigenvalue weighted by molar-refractivity contribution is 5.37. The van der Waals surface area contributed by atoms with E-state index in [1.807, 2.05) is 26.0 Å². The standard InChI is InChI=1S/C17H20FNO/c1-12-3-8-17(20)16(11-12)13(2)19-10-9-14-4-6-15(18)7-5-14/h3-8,11,13,19-20H,9-10H2,1-2H3. The summed E-state index contributed by atoms with van der Waals surface area (Å²) in [6, 6.07) is 12.2. The molecular weight excluding hydrogens is 253 g/mol. The van der Waals surface area contributed by atoms with Crippen molar-refractivity contribution >= 4 is 0 Å². The van der Waals surface area contributed by atoms with Crippen molar-refractivity contribution in [2.75, 3.05) is 6.54 Å². The molecule has 0 aliphatic carbocycles. The second kappa shape index (κ2) is 6.53. The number of aryl methyl sites for hydroxylation is 1. The van der Waals surface area contributed by atoms with E-state index in [1.165, 1.54) is 12.1 Å². The predicted octanol–water partition coefficient (Wildman–Crippen LogP) is 3.73. The summed E-state index contributed by atoms with van der Waals surface area (Å²) >= 11 is 0. The van der Waals surface area contributed by atoms with E-state index in [9.17, 15) is 9.50 Å². The van der Waals surface area contributed by atoms with Crippen LogP contribution in [0.1, 0.15) is 29.7 Å². The third-order valence-corrected chi connectivity index (χ3v) is 3.43. The van der Waals surface area contributed by atoms with Gasteiger partial charge in [-0.2, -0.15) is 0 Å². The summed E-state index contributed by atoms with van der Waals surface area (Å²) in [4.78, 5) is 0. The molecule has 2 rings (SSSR count). The monoisotopic (exact) mass is 273 g/mol. The van der Waals surface area contributed by atoms with E-state index in [2.05, 4.69) is 5.32 Å². The Labute approximate surface area is 119 Å². The normalized spacial score (nSPS) is 12.3. The molecule has 2 nitrogen and oxygen atoms in total. The highest BCUT2D eigenvalue weighted by Crippen LogP contribution is 2.24. The molecule has 2 N–H and O–H groups in total. The fraction of sp³-hybridized carbons (Fsp3) is 0.294. The number of nitrogens with one attached hydrogen (secondary N) is 1. The maximum absolute atomic E-state index is 12.8. The molecule has 0 bridgehead atoms. The Morgan fingerprint density at radius 3 is 2.55 bits per heavy atom. The van der Waals surface area contributed by atoms with E-state index >= 15 is 0 Å². The average Bonchev–Trinajstić information content (AvgIpc) is 2.43. The van der Waals surface area contributed by atoms with E-state index in [0.29, 0.717) is 5.75 Å². The van der Waals surface area contributed by atoms with Gasteiger partial charge in [-0.3, -0.25) is 0 Å². The average molecular weight is 273 g/mol. The van der Waals surface area contributed by atoms with Crippen LogP contribution >= 0.6 is 0 Å². The summed E-state index contributed by atoms with van der Waals surface area (Å²) in [6.07, 6.45) is 0.831. The van der Waals surface area contributed by atoms with Gasteiger partial charge in [0.15, 0.2) is 0 Å². The van der Waals surface area contributed by atoms with Crippen molar-refractivity contribution in [3.63, 3.8) is 0 Å². The summed E-state index contributed by atoms with van der Waals surface area (Å²) in [7, 11) is 0. The summed E-state index contributed by atoms with van der Waals surface area (Å²) in [5, 5.41) is 13.2. The molecule has 0 amide bonds. The Hall–Kier alpha value is -1.87. The summed E-state index contributed by atoms with van der Waals surface area (Å²) in [5.41, 5.74) is 3.13. The molecule has 0 spiro atoms.